The van der Waals surface area contributed by atoms with Gasteiger partial charge in [0.1, 0.15) is 11.7 Å². The van der Waals surface area contributed by atoms with Crippen molar-refractivity contribution >= 4 is 35.7 Å². The number of amidine groups is 1. The third-order valence-electron chi connectivity index (χ3n) is 7.72. The van der Waals surface area contributed by atoms with Crippen LogP contribution in [0.2, 0.25) is 0 Å². The number of nitro groups is 1. The molecule has 4 aromatic rings. The van der Waals surface area contributed by atoms with Crippen LogP contribution in [0.15, 0.2) is 88.6 Å². The van der Waals surface area contributed by atoms with Crippen LogP contribution in [-0.2, 0) is 4.74 Å². The van der Waals surface area contributed by atoms with Crippen molar-refractivity contribution in [3.63, 3.8) is 0 Å². The summed E-state index contributed by atoms with van der Waals surface area (Å²) in [6, 6.07) is 23.0. The minimum Gasteiger partial charge on any atom is -0.379 e. The maximum Gasteiger partial charge on any atom is 0.271 e. The van der Waals surface area contributed by atoms with Gasteiger partial charge in [-0.25, -0.2) is 23.5 Å². The van der Waals surface area contributed by atoms with E-state index in [1.165, 1.54) is 18.2 Å². The zero-order chi connectivity index (χ0) is 28.8. The van der Waals surface area contributed by atoms with Gasteiger partial charge in [-0.1, -0.05) is 36.4 Å². The van der Waals surface area contributed by atoms with Crippen molar-refractivity contribution in [1.82, 2.24) is 19.1 Å². The number of benzene rings is 3. The van der Waals surface area contributed by atoms with E-state index in [1.54, 1.807) is 24.3 Å². The van der Waals surface area contributed by atoms with Crippen molar-refractivity contribution in [3.05, 3.63) is 106 Å². The van der Waals surface area contributed by atoms with Crippen molar-refractivity contribution in [1.29, 1.82) is 0 Å². The molecule has 1 saturated heterocycles. The molecule has 0 unspecified atom stereocenters. The molecule has 1 aromatic heterocycles. The van der Waals surface area contributed by atoms with E-state index in [0.717, 1.165) is 29.5 Å². The molecule has 0 amide bonds. The molecule has 10 nitrogen and oxygen atoms in total. The molecule has 42 heavy (non-hydrogen) atoms. The van der Waals surface area contributed by atoms with Gasteiger partial charge in [0, 0.05) is 31.3 Å². The van der Waals surface area contributed by atoms with Crippen LogP contribution >= 0.6 is 7.36 Å². The summed E-state index contributed by atoms with van der Waals surface area (Å²) in [5.74, 6) is 0.736. The molecule has 7 rings (SSSR count). The fraction of sp³-hybridized carbons (Fsp3) is 0.267. The zero-order valence-corrected chi connectivity index (χ0v) is 23.9. The van der Waals surface area contributed by atoms with Gasteiger partial charge in [0.05, 0.1) is 46.1 Å². The first kappa shape index (κ1) is 26.7. The lowest BCUT2D eigenvalue weighted by molar-refractivity contribution is -0.384. The van der Waals surface area contributed by atoms with Gasteiger partial charge in [-0.05, 0) is 50.1 Å². The molecule has 1 atom stereocenters. The van der Waals surface area contributed by atoms with Crippen LogP contribution in [0.4, 0.5) is 21.6 Å². The minimum atomic E-state index is -3.00. The van der Waals surface area contributed by atoms with Crippen LogP contribution < -0.4 is 5.30 Å². The molecule has 0 spiro atoms. The Kier molecular flexibility index (Phi) is 6.73. The maximum absolute atomic E-state index is 15.6. The van der Waals surface area contributed by atoms with E-state index >= 15 is 4.39 Å². The number of para-hydroxylation sites is 1. The van der Waals surface area contributed by atoms with E-state index in [-0.39, 0.29) is 17.5 Å². The highest BCUT2D eigenvalue weighted by Gasteiger charge is 2.52. The van der Waals surface area contributed by atoms with Crippen molar-refractivity contribution in [2.24, 2.45) is 9.74 Å². The normalized spacial score (nSPS) is 20.6. The van der Waals surface area contributed by atoms with Crippen LogP contribution in [-0.4, -0.2) is 62.2 Å². The number of ether oxygens (including phenoxy) is 1. The average Bonchev–Trinajstić information content (AvgIpc) is 3.80. The van der Waals surface area contributed by atoms with E-state index in [2.05, 4.69) is 9.34 Å². The zero-order valence-electron chi connectivity index (χ0n) is 23.0. The second kappa shape index (κ2) is 10.6. The summed E-state index contributed by atoms with van der Waals surface area (Å²) < 4.78 is 33.3. The highest BCUT2D eigenvalue weighted by atomic mass is 31.2. The first-order chi connectivity index (χ1) is 20.5. The Balaban J connectivity index is 1.61. The predicted molar refractivity (Wildman–Crippen MR) is 160 cm³/mol. The molecule has 1 aliphatic carbocycles. The summed E-state index contributed by atoms with van der Waals surface area (Å²) in [6.45, 7) is 4.17. The van der Waals surface area contributed by atoms with Gasteiger partial charge in [-0.2, -0.15) is 5.10 Å². The van der Waals surface area contributed by atoms with Crippen molar-refractivity contribution in [2.75, 3.05) is 26.3 Å². The number of aryl methyl sites for hydroxylation is 1. The number of fused-ring (bicyclic) bond motifs is 1. The molecule has 0 bridgehead atoms. The van der Waals surface area contributed by atoms with Gasteiger partial charge >= 0.3 is 0 Å². The summed E-state index contributed by atoms with van der Waals surface area (Å²) in [5.41, 5.74) is 2.44. The SMILES string of the molecule is Cc1nn(-c2ccccc2)c2c1[P@](=Nc1cccc([N+](=O)[O-])c1)(N1CCOCC1)N(C1CC1)C(c1ccccc1F)=N2. The Hall–Kier alpha value is -4.18. The summed E-state index contributed by atoms with van der Waals surface area (Å²) in [6.07, 6.45) is 1.82. The predicted octanol–water partition coefficient (Wildman–Crippen LogP) is 6.10. The molecule has 2 aliphatic heterocycles. The number of morpholine rings is 1. The number of nitro benzene ring substituents is 1. The number of hydrogen-bond acceptors (Lipinski definition) is 6. The van der Waals surface area contributed by atoms with Gasteiger partial charge in [-0.15, -0.1) is 0 Å². The monoisotopic (exact) mass is 585 g/mol. The first-order valence-electron chi connectivity index (χ1n) is 14.0. The Bertz CT molecular complexity index is 1760. The van der Waals surface area contributed by atoms with E-state index < -0.39 is 12.3 Å². The second-order valence-corrected chi connectivity index (χ2v) is 13.3. The molecule has 0 radical (unpaired) electrons. The Morgan fingerprint density at radius 2 is 1.76 bits per heavy atom. The third-order valence-corrected chi connectivity index (χ3v) is 11.7. The summed E-state index contributed by atoms with van der Waals surface area (Å²) >= 11 is 0. The minimum absolute atomic E-state index is 0.0359. The van der Waals surface area contributed by atoms with Crippen LogP contribution in [0.5, 0.6) is 0 Å². The van der Waals surface area contributed by atoms with Crippen molar-refractivity contribution in [2.45, 2.75) is 25.8 Å². The largest absolute Gasteiger partial charge is 0.379 e. The van der Waals surface area contributed by atoms with Gasteiger partial charge in [0.15, 0.2) is 13.2 Å². The van der Waals surface area contributed by atoms with Gasteiger partial charge in [-0.3, -0.25) is 10.1 Å². The molecular weight excluding hydrogens is 556 g/mol. The fourth-order valence-electron chi connectivity index (χ4n) is 5.75. The molecule has 3 heterocycles. The molecule has 3 aromatic carbocycles. The Labute approximate surface area is 242 Å². The number of nitrogens with zero attached hydrogens (tertiary/aromatic N) is 7. The van der Waals surface area contributed by atoms with E-state index in [9.17, 15) is 10.1 Å². The third kappa shape index (κ3) is 4.45. The molecule has 12 heteroatoms. The van der Waals surface area contributed by atoms with E-state index in [0.29, 0.717) is 49.2 Å². The standard InChI is InChI=1S/C30H29FN7O3P/c1-21-28-30(36(33-21)23-9-3-2-4-10-23)32-29(26-12-5-6-13-27(26)31)37(24-14-15-24)42(28,35-16-18-41-19-17-35)34-22-8-7-11-25(20-22)38(39)40/h2-13,20,24H,14-19H2,1H3/t42-/m0/s1. The smallest absolute Gasteiger partial charge is 0.271 e. The van der Waals surface area contributed by atoms with Gasteiger partial charge in [0.25, 0.3) is 5.69 Å². The lowest BCUT2D eigenvalue weighted by Gasteiger charge is -2.48. The number of hydrogen-bond donors (Lipinski definition) is 0. The summed E-state index contributed by atoms with van der Waals surface area (Å²) in [4.78, 5) is 16.5. The molecular formula is C30H29FN7O3P. The number of aromatic nitrogens is 2. The van der Waals surface area contributed by atoms with Gasteiger partial charge in [0.2, 0.25) is 0 Å². The second-order valence-electron chi connectivity index (χ2n) is 10.5. The van der Waals surface area contributed by atoms with Crippen LogP contribution in [0.25, 0.3) is 5.69 Å². The lowest BCUT2D eigenvalue weighted by Crippen LogP contribution is -2.48. The molecule has 1 saturated carbocycles. The van der Waals surface area contributed by atoms with Gasteiger partial charge < -0.3 is 9.41 Å². The highest BCUT2D eigenvalue weighted by Crippen LogP contribution is 2.65. The van der Waals surface area contributed by atoms with E-state index in [4.69, 9.17) is 19.6 Å². The first-order valence-corrected chi connectivity index (χ1v) is 15.6. The lowest BCUT2D eigenvalue weighted by atomic mass is 10.2. The topological polar surface area (TPSA) is 101 Å². The van der Waals surface area contributed by atoms with Crippen LogP contribution in [0, 0.1) is 22.9 Å². The Morgan fingerprint density at radius 3 is 2.48 bits per heavy atom. The summed E-state index contributed by atoms with van der Waals surface area (Å²) in [5, 5.41) is 17.6. The van der Waals surface area contributed by atoms with Crippen molar-refractivity contribution < 1.29 is 14.1 Å². The molecule has 0 N–H and O–H groups in total. The fourth-order valence-corrected chi connectivity index (χ4v) is 10.0. The molecule has 214 valence electrons. The highest BCUT2D eigenvalue weighted by molar-refractivity contribution is 7.70. The maximum atomic E-state index is 15.6. The van der Waals surface area contributed by atoms with E-state index in [1.807, 2.05) is 48.0 Å². The average molecular weight is 586 g/mol. The molecule has 2 fully saturated rings. The van der Waals surface area contributed by atoms with Crippen molar-refractivity contribution in [3.8, 4) is 5.69 Å². The Morgan fingerprint density at radius 1 is 1.02 bits per heavy atom. The number of rotatable bonds is 6. The number of non-ortho nitro benzene ring substituents is 1. The van der Waals surface area contributed by atoms with Crippen LogP contribution in [0.3, 0.4) is 0 Å². The number of halogens is 1. The summed E-state index contributed by atoms with van der Waals surface area (Å²) in [7, 11) is -3.00. The molecule has 3 aliphatic rings. The number of aliphatic imine (C=N–C) groups is 1. The van der Waals surface area contributed by atoms with Crippen LogP contribution in [0.1, 0.15) is 24.1 Å². The quantitative estimate of drug-likeness (QED) is 0.154.